The molecule has 0 atom stereocenters. The lowest BCUT2D eigenvalue weighted by Crippen LogP contribution is -2.28. The minimum atomic E-state index is -0.0940. The van der Waals surface area contributed by atoms with Crippen molar-refractivity contribution in [3.63, 3.8) is 0 Å². The number of ether oxygens (including phenoxy) is 1. The molecule has 0 unspecified atom stereocenters. The molecule has 0 aromatic heterocycles. The Hall–Kier alpha value is -1.55. The highest BCUT2D eigenvalue weighted by Gasteiger charge is 2.06. The van der Waals surface area contributed by atoms with Gasteiger partial charge in [-0.15, -0.1) is 0 Å². The summed E-state index contributed by atoms with van der Waals surface area (Å²) in [6.07, 6.45) is 0. The number of rotatable bonds is 6. The first-order chi connectivity index (χ1) is 8.17. The van der Waals surface area contributed by atoms with E-state index in [9.17, 15) is 4.79 Å². The lowest BCUT2D eigenvalue weighted by atomic mass is 10.1. The summed E-state index contributed by atoms with van der Waals surface area (Å²) < 4.78 is 5.51. The SMILES string of the molecule is CCNC(=O)COc1ccc(C)cc1CNC. The standard InChI is InChI=1S/C13H20N2O2/c1-4-15-13(16)9-17-12-6-5-10(2)7-11(12)8-14-3/h5-7,14H,4,8-9H2,1-3H3,(H,15,16). The minimum Gasteiger partial charge on any atom is -0.483 e. The molecule has 1 aromatic rings. The molecule has 0 aliphatic carbocycles. The first kappa shape index (κ1) is 13.5. The van der Waals surface area contributed by atoms with Gasteiger partial charge in [0.05, 0.1) is 0 Å². The van der Waals surface area contributed by atoms with Crippen LogP contribution in [0.25, 0.3) is 0 Å². The Bertz CT molecular complexity index is 378. The molecule has 94 valence electrons. The van der Waals surface area contributed by atoms with Crippen LogP contribution in [0.5, 0.6) is 5.75 Å². The van der Waals surface area contributed by atoms with Crippen molar-refractivity contribution < 1.29 is 9.53 Å². The van der Waals surface area contributed by atoms with E-state index in [1.807, 2.05) is 33.0 Å². The largest absolute Gasteiger partial charge is 0.483 e. The summed E-state index contributed by atoms with van der Waals surface area (Å²) in [6, 6.07) is 5.94. The van der Waals surface area contributed by atoms with Crippen LogP contribution in [0.4, 0.5) is 0 Å². The van der Waals surface area contributed by atoms with Crippen molar-refractivity contribution in [1.29, 1.82) is 0 Å². The maximum atomic E-state index is 11.3. The van der Waals surface area contributed by atoms with Gasteiger partial charge in [-0.2, -0.15) is 0 Å². The van der Waals surface area contributed by atoms with E-state index in [1.165, 1.54) is 5.56 Å². The molecule has 17 heavy (non-hydrogen) atoms. The molecule has 0 radical (unpaired) electrons. The number of hydrogen-bond acceptors (Lipinski definition) is 3. The Morgan fingerprint density at radius 2 is 2.18 bits per heavy atom. The van der Waals surface area contributed by atoms with Crippen molar-refractivity contribution in [3.05, 3.63) is 29.3 Å². The maximum absolute atomic E-state index is 11.3. The van der Waals surface area contributed by atoms with Gasteiger partial charge in [0.1, 0.15) is 5.75 Å². The number of benzene rings is 1. The number of aryl methyl sites for hydroxylation is 1. The predicted octanol–water partition coefficient (Wildman–Crippen LogP) is 1.23. The van der Waals surface area contributed by atoms with E-state index < -0.39 is 0 Å². The molecule has 1 rings (SSSR count). The molecule has 4 nitrogen and oxygen atoms in total. The van der Waals surface area contributed by atoms with Crippen LogP contribution in [0, 0.1) is 6.92 Å². The van der Waals surface area contributed by atoms with E-state index in [-0.39, 0.29) is 12.5 Å². The molecule has 0 fully saturated rings. The minimum absolute atomic E-state index is 0.0631. The van der Waals surface area contributed by atoms with Crippen molar-refractivity contribution in [2.24, 2.45) is 0 Å². The predicted molar refractivity (Wildman–Crippen MR) is 68.1 cm³/mol. The molecule has 0 saturated carbocycles. The quantitative estimate of drug-likeness (QED) is 0.781. The van der Waals surface area contributed by atoms with Crippen LogP contribution in [0.2, 0.25) is 0 Å². The number of nitrogens with one attached hydrogen (secondary N) is 2. The van der Waals surface area contributed by atoms with E-state index in [1.54, 1.807) is 0 Å². The average molecular weight is 236 g/mol. The van der Waals surface area contributed by atoms with Gasteiger partial charge in [-0.1, -0.05) is 17.7 Å². The van der Waals surface area contributed by atoms with Gasteiger partial charge in [0, 0.05) is 18.7 Å². The second-order valence-corrected chi connectivity index (χ2v) is 3.88. The van der Waals surface area contributed by atoms with Gasteiger partial charge in [0.2, 0.25) is 0 Å². The van der Waals surface area contributed by atoms with Gasteiger partial charge in [0.15, 0.2) is 6.61 Å². The summed E-state index contributed by atoms with van der Waals surface area (Å²) in [5.74, 6) is 0.666. The van der Waals surface area contributed by atoms with Crippen LogP contribution in [0.1, 0.15) is 18.1 Å². The topological polar surface area (TPSA) is 50.4 Å². The zero-order valence-electron chi connectivity index (χ0n) is 10.7. The van der Waals surface area contributed by atoms with Gasteiger partial charge in [-0.05, 0) is 27.0 Å². The van der Waals surface area contributed by atoms with Crippen LogP contribution in [0.3, 0.4) is 0 Å². The van der Waals surface area contributed by atoms with E-state index in [4.69, 9.17) is 4.74 Å². The van der Waals surface area contributed by atoms with Crippen LogP contribution >= 0.6 is 0 Å². The first-order valence-corrected chi connectivity index (χ1v) is 5.81. The molecule has 0 spiro atoms. The lowest BCUT2D eigenvalue weighted by molar-refractivity contribution is -0.122. The fraction of sp³-hybridized carbons (Fsp3) is 0.462. The second-order valence-electron chi connectivity index (χ2n) is 3.88. The van der Waals surface area contributed by atoms with Crippen molar-refractivity contribution in [2.75, 3.05) is 20.2 Å². The molecule has 1 aromatic carbocycles. The molecule has 0 heterocycles. The van der Waals surface area contributed by atoms with Crippen LogP contribution < -0.4 is 15.4 Å². The Kier molecular flexibility index (Phi) is 5.49. The van der Waals surface area contributed by atoms with Crippen molar-refractivity contribution in [2.45, 2.75) is 20.4 Å². The van der Waals surface area contributed by atoms with Crippen molar-refractivity contribution in [3.8, 4) is 5.75 Å². The Balaban J connectivity index is 2.66. The summed E-state index contributed by atoms with van der Waals surface area (Å²) in [7, 11) is 1.88. The molecule has 2 N–H and O–H groups in total. The number of carbonyl (C=O) groups is 1. The van der Waals surface area contributed by atoms with E-state index in [0.717, 1.165) is 17.9 Å². The van der Waals surface area contributed by atoms with Crippen LogP contribution in [-0.2, 0) is 11.3 Å². The summed E-state index contributed by atoms with van der Waals surface area (Å²) in [6.45, 7) is 5.34. The van der Waals surface area contributed by atoms with Crippen LogP contribution in [-0.4, -0.2) is 26.1 Å². The molecular weight excluding hydrogens is 216 g/mol. The van der Waals surface area contributed by atoms with Crippen molar-refractivity contribution in [1.82, 2.24) is 10.6 Å². The van der Waals surface area contributed by atoms with Gasteiger partial charge < -0.3 is 15.4 Å². The molecule has 1 amide bonds. The van der Waals surface area contributed by atoms with E-state index >= 15 is 0 Å². The van der Waals surface area contributed by atoms with Crippen LogP contribution in [0.15, 0.2) is 18.2 Å². The Morgan fingerprint density at radius 3 is 2.82 bits per heavy atom. The molecule has 4 heteroatoms. The lowest BCUT2D eigenvalue weighted by Gasteiger charge is -2.11. The highest BCUT2D eigenvalue weighted by molar-refractivity contribution is 5.77. The Morgan fingerprint density at radius 1 is 1.41 bits per heavy atom. The van der Waals surface area contributed by atoms with E-state index in [0.29, 0.717) is 6.54 Å². The molecule has 0 aliphatic heterocycles. The normalized spacial score (nSPS) is 10.1. The third-order valence-corrected chi connectivity index (χ3v) is 2.32. The number of likely N-dealkylation sites (N-methyl/N-ethyl adjacent to an activating group) is 1. The smallest absolute Gasteiger partial charge is 0.257 e. The fourth-order valence-electron chi connectivity index (χ4n) is 1.57. The molecule has 0 aliphatic rings. The number of amides is 1. The zero-order valence-corrected chi connectivity index (χ0v) is 10.7. The average Bonchev–Trinajstić information content (AvgIpc) is 2.29. The van der Waals surface area contributed by atoms with Crippen molar-refractivity contribution >= 4 is 5.91 Å². The van der Waals surface area contributed by atoms with Gasteiger partial charge in [0.25, 0.3) is 5.91 Å². The summed E-state index contributed by atoms with van der Waals surface area (Å²) >= 11 is 0. The van der Waals surface area contributed by atoms with Gasteiger partial charge in [-0.25, -0.2) is 0 Å². The monoisotopic (exact) mass is 236 g/mol. The summed E-state index contributed by atoms with van der Waals surface area (Å²) in [5.41, 5.74) is 2.25. The summed E-state index contributed by atoms with van der Waals surface area (Å²) in [5, 5.41) is 5.78. The van der Waals surface area contributed by atoms with Gasteiger partial charge >= 0.3 is 0 Å². The highest BCUT2D eigenvalue weighted by Crippen LogP contribution is 2.19. The molecule has 0 bridgehead atoms. The van der Waals surface area contributed by atoms with Gasteiger partial charge in [-0.3, -0.25) is 4.79 Å². The maximum Gasteiger partial charge on any atom is 0.257 e. The number of carbonyl (C=O) groups excluding carboxylic acids is 1. The third-order valence-electron chi connectivity index (χ3n) is 2.32. The summed E-state index contributed by atoms with van der Waals surface area (Å²) in [4.78, 5) is 11.3. The number of hydrogen-bond donors (Lipinski definition) is 2. The molecule has 0 saturated heterocycles. The van der Waals surface area contributed by atoms with E-state index in [2.05, 4.69) is 16.7 Å². The Labute approximate surface area is 102 Å². The molecular formula is C13H20N2O2. The highest BCUT2D eigenvalue weighted by atomic mass is 16.5. The first-order valence-electron chi connectivity index (χ1n) is 5.81. The fourth-order valence-corrected chi connectivity index (χ4v) is 1.57. The zero-order chi connectivity index (χ0) is 12.7. The second kappa shape index (κ2) is 6.91. The third kappa shape index (κ3) is 4.44.